The summed E-state index contributed by atoms with van der Waals surface area (Å²) in [4.78, 5) is 0. The third kappa shape index (κ3) is 0.905. The van der Waals surface area contributed by atoms with Crippen molar-refractivity contribution in [1.29, 1.82) is 0 Å². The lowest BCUT2D eigenvalue weighted by atomic mass is 10.2. The van der Waals surface area contributed by atoms with Gasteiger partial charge in [0.25, 0.3) is 0 Å². The highest BCUT2D eigenvalue weighted by atomic mass is 16.3. The Morgan fingerprint density at radius 2 is 2.21 bits per heavy atom. The van der Waals surface area contributed by atoms with Gasteiger partial charge in [0.05, 0.1) is 12.5 Å². The van der Waals surface area contributed by atoms with Gasteiger partial charge in [0.1, 0.15) is 11.4 Å². The third-order valence-electron chi connectivity index (χ3n) is 1.88. The van der Waals surface area contributed by atoms with E-state index in [1.165, 1.54) is 0 Å². The summed E-state index contributed by atoms with van der Waals surface area (Å²) in [7, 11) is 0. The molecule has 0 saturated carbocycles. The van der Waals surface area contributed by atoms with Crippen LogP contribution in [0.3, 0.4) is 0 Å². The van der Waals surface area contributed by atoms with Gasteiger partial charge in [-0.25, -0.2) is 0 Å². The normalized spacial score (nSPS) is 10.9. The van der Waals surface area contributed by atoms with E-state index in [-0.39, 0.29) is 0 Å². The molecule has 1 aromatic heterocycles. The average molecular weight is 187 g/mol. The first kappa shape index (κ1) is 7.19. The second-order valence-electron chi connectivity index (χ2n) is 2.73. The predicted molar refractivity (Wildman–Crippen MR) is 46.3 cm³/mol. The smallest absolute Gasteiger partial charge is 0.183 e. The minimum Gasteiger partial charge on any atom is -0.460 e. The molecule has 68 valence electrons. The number of fused-ring (bicyclic) bond motifs is 1. The molecule has 3 rings (SSSR count). The molecule has 0 spiro atoms. The maximum Gasteiger partial charge on any atom is 0.183 e. The number of H-pyrrole nitrogens is 1. The number of nitrogens with zero attached hydrogens (tertiary/aromatic N) is 4. The molecule has 0 atom stereocenters. The maximum atomic E-state index is 5.30. The summed E-state index contributed by atoms with van der Waals surface area (Å²) < 4.78 is 5.30. The first-order chi connectivity index (χ1) is 6.95. The predicted octanol–water partition coefficient (Wildman–Crippen LogP) is 0.959. The molecule has 0 bridgehead atoms. The Kier molecular flexibility index (Phi) is 1.35. The molecule has 3 heterocycles. The SMILES string of the molecule is c1coc2c(-c3cn[nH]n3)nnc-2c1. The highest BCUT2D eigenvalue weighted by molar-refractivity contribution is 5.72. The Balaban J connectivity index is 2.25. The van der Waals surface area contributed by atoms with Crippen molar-refractivity contribution < 1.29 is 4.42 Å². The van der Waals surface area contributed by atoms with Crippen LogP contribution in [-0.4, -0.2) is 25.6 Å². The van der Waals surface area contributed by atoms with Gasteiger partial charge in [-0.05, 0) is 12.1 Å². The minimum absolute atomic E-state index is 0.606. The fourth-order valence-electron chi connectivity index (χ4n) is 1.26. The van der Waals surface area contributed by atoms with Gasteiger partial charge in [-0.2, -0.15) is 15.4 Å². The van der Waals surface area contributed by atoms with Crippen LogP contribution in [0.4, 0.5) is 0 Å². The van der Waals surface area contributed by atoms with Crippen LogP contribution in [0.25, 0.3) is 22.8 Å². The van der Waals surface area contributed by atoms with Gasteiger partial charge in [-0.1, -0.05) is 0 Å². The molecule has 2 aliphatic rings. The van der Waals surface area contributed by atoms with E-state index in [1.807, 2.05) is 6.07 Å². The lowest BCUT2D eigenvalue weighted by molar-refractivity contribution is 0.566. The molecule has 6 nitrogen and oxygen atoms in total. The maximum absolute atomic E-state index is 5.30. The second kappa shape index (κ2) is 2.63. The average Bonchev–Trinajstić information content (AvgIpc) is 2.85. The Hall–Kier alpha value is -2.24. The first-order valence-electron chi connectivity index (χ1n) is 4.01. The zero-order valence-electron chi connectivity index (χ0n) is 7.01. The molecule has 0 fully saturated rings. The lowest BCUT2D eigenvalue weighted by Gasteiger charge is -1.93. The summed E-state index contributed by atoms with van der Waals surface area (Å²) in [6.07, 6.45) is 3.15. The Morgan fingerprint density at radius 1 is 1.21 bits per heavy atom. The number of hydrogen-bond acceptors (Lipinski definition) is 5. The quantitative estimate of drug-likeness (QED) is 0.613. The standard InChI is InChI=1S/C8H5N5O/c1-2-5-8(14-3-1)7(12-10-5)6-4-9-13-11-6/h1-4H,(H,9,11,13). The molecular weight excluding hydrogens is 182 g/mol. The van der Waals surface area contributed by atoms with Crippen LogP contribution in [0.1, 0.15) is 0 Å². The molecule has 0 radical (unpaired) electrons. The third-order valence-corrected chi connectivity index (χ3v) is 1.88. The molecule has 1 aromatic rings. The highest BCUT2D eigenvalue weighted by Gasteiger charge is 2.18. The van der Waals surface area contributed by atoms with Crippen LogP contribution in [0, 0.1) is 0 Å². The van der Waals surface area contributed by atoms with E-state index in [9.17, 15) is 0 Å². The largest absolute Gasteiger partial charge is 0.460 e. The number of nitrogens with one attached hydrogen (secondary N) is 1. The molecule has 0 saturated heterocycles. The van der Waals surface area contributed by atoms with Gasteiger partial charge >= 0.3 is 0 Å². The Labute approximate surface area is 78.3 Å². The van der Waals surface area contributed by atoms with Crippen LogP contribution in [0.5, 0.6) is 0 Å². The molecule has 1 N–H and O–H groups in total. The fourth-order valence-corrected chi connectivity index (χ4v) is 1.26. The van der Waals surface area contributed by atoms with Gasteiger partial charge in [0.15, 0.2) is 11.5 Å². The zero-order chi connectivity index (χ0) is 9.38. The van der Waals surface area contributed by atoms with Crippen LogP contribution in [0.2, 0.25) is 0 Å². The number of rotatable bonds is 1. The number of aromatic amines is 1. The van der Waals surface area contributed by atoms with Crippen LogP contribution < -0.4 is 0 Å². The molecule has 2 aliphatic heterocycles. The molecule has 0 amide bonds. The van der Waals surface area contributed by atoms with E-state index >= 15 is 0 Å². The van der Waals surface area contributed by atoms with Gasteiger partial charge in [0, 0.05) is 0 Å². The Bertz CT molecular complexity index is 514. The van der Waals surface area contributed by atoms with E-state index in [1.54, 1.807) is 18.5 Å². The van der Waals surface area contributed by atoms with Crippen molar-refractivity contribution in [3.05, 3.63) is 24.6 Å². The molecule has 0 aromatic carbocycles. The molecule has 6 heteroatoms. The van der Waals surface area contributed by atoms with Crippen LogP contribution >= 0.6 is 0 Å². The van der Waals surface area contributed by atoms with Crippen molar-refractivity contribution in [2.45, 2.75) is 0 Å². The van der Waals surface area contributed by atoms with E-state index in [0.717, 1.165) is 0 Å². The summed E-state index contributed by atoms with van der Waals surface area (Å²) in [5.74, 6) is 0.626. The van der Waals surface area contributed by atoms with Crippen molar-refractivity contribution in [3.8, 4) is 22.8 Å². The van der Waals surface area contributed by atoms with E-state index < -0.39 is 0 Å². The fraction of sp³-hybridized carbons (Fsp3) is 0. The minimum atomic E-state index is 0.606. The van der Waals surface area contributed by atoms with Crippen molar-refractivity contribution in [2.24, 2.45) is 0 Å². The van der Waals surface area contributed by atoms with Crippen molar-refractivity contribution in [3.63, 3.8) is 0 Å². The monoisotopic (exact) mass is 187 g/mol. The topological polar surface area (TPSA) is 80.5 Å². The second-order valence-corrected chi connectivity index (χ2v) is 2.73. The summed E-state index contributed by atoms with van der Waals surface area (Å²) in [6, 6.07) is 3.60. The van der Waals surface area contributed by atoms with Gasteiger partial charge in [0.2, 0.25) is 0 Å². The number of hydrogen-bond donors (Lipinski definition) is 1. The van der Waals surface area contributed by atoms with Gasteiger partial charge in [-0.3, -0.25) is 0 Å². The van der Waals surface area contributed by atoms with Gasteiger partial charge in [-0.15, -0.1) is 10.2 Å². The van der Waals surface area contributed by atoms with E-state index in [2.05, 4.69) is 25.6 Å². The lowest BCUT2D eigenvalue weighted by Crippen LogP contribution is -1.80. The summed E-state index contributed by atoms with van der Waals surface area (Å²) in [5, 5.41) is 18.0. The van der Waals surface area contributed by atoms with Crippen LogP contribution in [0.15, 0.2) is 29.0 Å². The summed E-state index contributed by atoms with van der Waals surface area (Å²) in [5.41, 5.74) is 1.95. The molecule has 14 heavy (non-hydrogen) atoms. The molecular formula is C8H5N5O. The zero-order valence-corrected chi connectivity index (χ0v) is 7.01. The van der Waals surface area contributed by atoms with E-state index in [0.29, 0.717) is 22.8 Å². The highest BCUT2D eigenvalue weighted by Crippen LogP contribution is 2.28. The molecule has 0 aliphatic carbocycles. The van der Waals surface area contributed by atoms with E-state index in [4.69, 9.17) is 4.42 Å². The van der Waals surface area contributed by atoms with Gasteiger partial charge < -0.3 is 4.42 Å². The van der Waals surface area contributed by atoms with Crippen molar-refractivity contribution >= 4 is 0 Å². The van der Waals surface area contributed by atoms with Crippen molar-refractivity contribution in [1.82, 2.24) is 25.6 Å². The van der Waals surface area contributed by atoms with Crippen LogP contribution in [-0.2, 0) is 0 Å². The summed E-state index contributed by atoms with van der Waals surface area (Å²) in [6.45, 7) is 0. The molecule has 0 unspecified atom stereocenters. The van der Waals surface area contributed by atoms with Crippen molar-refractivity contribution in [2.75, 3.05) is 0 Å². The summed E-state index contributed by atoms with van der Waals surface area (Å²) >= 11 is 0. The number of aromatic nitrogens is 5. The Morgan fingerprint density at radius 3 is 3.07 bits per heavy atom. The first-order valence-corrected chi connectivity index (χ1v) is 4.01.